The zero-order valence-corrected chi connectivity index (χ0v) is 12.9. The molecule has 2 aliphatic heterocycles. The minimum atomic E-state index is -0.461. The Bertz CT molecular complexity index is 780. The first-order chi connectivity index (χ1) is 11.5. The molecular weight excluding hydrogens is 278 g/mol. The summed E-state index contributed by atoms with van der Waals surface area (Å²) in [5.74, 6) is 1.44. The number of hydrogen-bond acceptors (Lipinski definition) is 4. The van der Waals surface area contributed by atoms with Crippen molar-refractivity contribution in [3.63, 3.8) is 0 Å². The summed E-state index contributed by atoms with van der Waals surface area (Å²) in [4.78, 5) is 15.1. The van der Waals surface area contributed by atoms with Crippen molar-refractivity contribution in [3.05, 3.63) is 23.2 Å². The molecule has 0 radical (unpaired) electrons. The third kappa shape index (κ3) is 1.27. The molecule has 1 aromatic rings. The summed E-state index contributed by atoms with van der Waals surface area (Å²) in [5, 5.41) is 0. The van der Waals surface area contributed by atoms with Crippen molar-refractivity contribution in [2.24, 2.45) is 5.92 Å². The van der Waals surface area contributed by atoms with E-state index in [2.05, 4.69) is 11.9 Å². The van der Waals surface area contributed by atoms with E-state index in [0.29, 0.717) is 29.9 Å². The van der Waals surface area contributed by atoms with Crippen LogP contribution in [0.15, 0.2) is 12.1 Å². The highest BCUT2D eigenvalue weighted by molar-refractivity contribution is 5.89. The molecule has 22 heavy (non-hydrogen) atoms. The van der Waals surface area contributed by atoms with E-state index in [9.17, 15) is 4.79 Å². The fourth-order valence-corrected chi connectivity index (χ4v) is 5.50. The number of ether oxygens (including phenoxy) is 2. The van der Waals surface area contributed by atoms with Crippen LogP contribution in [-0.4, -0.2) is 43.5 Å². The number of carbonyl (C=O) groups excluding carboxylic acids is 1. The summed E-state index contributed by atoms with van der Waals surface area (Å²) in [6.45, 7) is 0.936. The molecule has 2 aliphatic carbocycles. The molecule has 1 saturated carbocycles. The predicted molar refractivity (Wildman–Crippen MR) is 81.6 cm³/mol. The highest BCUT2D eigenvalue weighted by atomic mass is 16.5. The van der Waals surface area contributed by atoms with E-state index in [4.69, 9.17) is 12.2 Å². The smallest absolute Gasteiger partial charge is 0.174 e. The maximum atomic E-state index is 12.7. The van der Waals surface area contributed by atoms with Crippen LogP contribution in [0.2, 0.25) is 0 Å². The zero-order chi connectivity index (χ0) is 16.8. The first kappa shape index (κ1) is 11.1. The van der Waals surface area contributed by atoms with Gasteiger partial charge in [0, 0.05) is 23.4 Å². The highest BCUT2D eigenvalue weighted by Crippen LogP contribution is 2.62. The van der Waals surface area contributed by atoms with Gasteiger partial charge in [-0.15, -0.1) is 0 Å². The molecule has 1 saturated heterocycles. The number of Topliss-reactive ketones (excluding diaryl/α,β-unsaturated/α-hetero) is 1. The quantitative estimate of drug-likeness (QED) is 0.794. The number of likely N-dealkylation sites (N-methyl/N-ethyl adjacent to an activating group) is 1. The van der Waals surface area contributed by atoms with Gasteiger partial charge in [0.05, 0.1) is 9.85 Å². The average Bonchev–Trinajstić information content (AvgIpc) is 2.91. The molecule has 1 aromatic carbocycles. The van der Waals surface area contributed by atoms with Crippen LogP contribution in [0.1, 0.15) is 33.1 Å². The van der Waals surface area contributed by atoms with Crippen LogP contribution in [0.4, 0.5) is 0 Å². The number of piperidine rings is 1. The molecule has 4 heteroatoms. The first-order valence-electron chi connectivity index (χ1n) is 9.10. The van der Waals surface area contributed by atoms with Crippen molar-refractivity contribution in [1.29, 1.82) is 0 Å². The lowest BCUT2D eigenvalue weighted by molar-refractivity contribution is -0.138. The second kappa shape index (κ2) is 4.05. The summed E-state index contributed by atoms with van der Waals surface area (Å²) < 4.78 is 28.4. The van der Waals surface area contributed by atoms with Gasteiger partial charge >= 0.3 is 0 Å². The predicted octanol–water partition coefficient (Wildman–Crippen LogP) is 1.93. The summed E-state index contributed by atoms with van der Waals surface area (Å²) >= 11 is 0. The van der Waals surface area contributed by atoms with Crippen LogP contribution in [-0.2, 0) is 16.6 Å². The Balaban J connectivity index is 1.87. The molecule has 2 heterocycles. The van der Waals surface area contributed by atoms with Gasteiger partial charge in [-0.2, -0.15) is 0 Å². The van der Waals surface area contributed by atoms with Gasteiger partial charge in [-0.05, 0) is 50.4 Å². The van der Waals surface area contributed by atoms with Gasteiger partial charge in [0.2, 0.25) is 0 Å². The molecule has 2 fully saturated rings. The topological polar surface area (TPSA) is 38.8 Å². The highest BCUT2D eigenvalue weighted by Gasteiger charge is 2.65. The van der Waals surface area contributed by atoms with Gasteiger partial charge in [0.1, 0.15) is 0 Å². The van der Waals surface area contributed by atoms with Crippen LogP contribution in [0.5, 0.6) is 11.5 Å². The lowest BCUT2D eigenvalue weighted by Gasteiger charge is -2.57. The number of benzene rings is 1. The lowest BCUT2D eigenvalue weighted by Crippen LogP contribution is -2.65. The van der Waals surface area contributed by atoms with E-state index in [1.165, 1.54) is 7.11 Å². The first-order valence-corrected chi connectivity index (χ1v) is 8.10. The third-order valence-corrected chi connectivity index (χ3v) is 6.41. The maximum absolute atomic E-state index is 12.7. The summed E-state index contributed by atoms with van der Waals surface area (Å²) in [7, 11) is 3.65. The van der Waals surface area contributed by atoms with Crippen molar-refractivity contribution < 1.29 is 17.0 Å². The number of rotatable bonds is 1. The number of ketones is 1. The molecule has 116 valence electrons. The van der Waals surface area contributed by atoms with E-state index in [1.54, 1.807) is 0 Å². The monoisotopic (exact) mass is 301 g/mol. The number of hydrogen-bond donors (Lipinski definition) is 0. The van der Waals surface area contributed by atoms with Crippen molar-refractivity contribution in [3.8, 4) is 11.5 Å². The minimum Gasteiger partial charge on any atom is -0.493 e. The van der Waals surface area contributed by atoms with E-state index in [0.717, 1.165) is 36.9 Å². The lowest BCUT2D eigenvalue weighted by atomic mass is 9.52. The van der Waals surface area contributed by atoms with Gasteiger partial charge in [-0.3, -0.25) is 4.79 Å². The Morgan fingerprint density at radius 2 is 2.36 bits per heavy atom. The number of methoxy groups -OCH3 is 1. The fraction of sp³-hybridized carbons (Fsp3) is 0.611. The Morgan fingerprint density at radius 1 is 1.50 bits per heavy atom. The third-order valence-electron chi connectivity index (χ3n) is 6.41. The molecule has 4 nitrogen and oxygen atoms in total. The average molecular weight is 301 g/mol. The second-order valence-electron chi connectivity index (χ2n) is 7.12. The van der Waals surface area contributed by atoms with Gasteiger partial charge in [-0.25, -0.2) is 0 Å². The van der Waals surface area contributed by atoms with Crippen LogP contribution < -0.4 is 9.47 Å². The van der Waals surface area contributed by atoms with Crippen molar-refractivity contribution in [2.75, 3.05) is 20.7 Å². The SMILES string of the molecule is [2H]c1c([2H])c(OC)c2c3c1C[C@@H]1[C@@H]4CCC(=O)C(O2)[C@]34CCN1C. The molecule has 0 N–H and O–H groups in total. The number of likely N-dealkylation sites (tertiary alicyclic amines) is 1. The van der Waals surface area contributed by atoms with Crippen LogP contribution in [0.3, 0.4) is 0 Å². The standard InChI is InChI=1S/C18H21NO3/c1-19-8-7-18-11-4-5-13(20)17(18)22-16-14(21-2)6-3-10(15(16)18)9-12(11)19/h3,6,11-12,17H,4-5,7-9H2,1-2H3/t11-,12+,17?,18-/m0/s1/i3D,6D. The van der Waals surface area contributed by atoms with E-state index < -0.39 is 6.10 Å². The zero-order valence-electron chi connectivity index (χ0n) is 14.9. The Hall–Kier alpha value is -1.55. The maximum Gasteiger partial charge on any atom is 0.174 e. The second-order valence-corrected chi connectivity index (χ2v) is 7.12. The normalized spacial score (nSPS) is 39.7. The van der Waals surface area contributed by atoms with E-state index in [1.807, 2.05) is 0 Å². The summed E-state index contributed by atoms with van der Waals surface area (Å²) in [6, 6.07) is 0.646. The van der Waals surface area contributed by atoms with Crippen molar-refractivity contribution >= 4 is 5.78 Å². The molecule has 2 bridgehead atoms. The summed E-state index contributed by atoms with van der Waals surface area (Å²) in [5.41, 5.74) is 1.61. The van der Waals surface area contributed by atoms with Crippen LogP contribution in [0, 0.1) is 5.92 Å². The molecule has 1 spiro atoms. The molecule has 1 unspecified atom stereocenters. The number of carbonyl (C=O) groups is 1. The van der Waals surface area contributed by atoms with E-state index in [-0.39, 0.29) is 23.3 Å². The molecular formula is C18H21NO3. The molecule has 0 aromatic heterocycles. The molecule has 0 amide bonds. The Kier molecular flexibility index (Phi) is 2.03. The van der Waals surface area contributed by atoms with E-state index >= 15 is 0 Å². The van der Waals surface area contributed by atoms with Gasteiger partial charge in [0.15, 0.2) is 23.4 Å². The number of nitrogens with zero attached hydrogens (tertiary/aromatic N) is 1. The largest absolute Gasteiger partial charge is 0.493 e. The van der Waals surface area contributed by atoms with Crippen LogP contribution in [0.25, 0.3) is 0 Å². The minimum absolute atomic E-state index is 0.0768. The van der Waals surface area contributed by atoms with Gasteiger partial charge in [0.25, 0.3) is 0 Å². The molecule has 5 rings (SSSR count). The summed E-state index contributed by atoms with van der Waals surface area (Å²) in [6.07, 6.45) is 2.64. The van der Waals surface area contributed by atoms with Crippen molar-refractivity contribution in [1.82, 2.24) is 4.90 Å². The Labute approximate surface area is 133 Å². The van der Waals surface area contributed by atoms with Gasteiger partial charge < -0.3 is 14.4 Å². The fourth-order valence-electron chi connectivity index (χ4n) is 5.50. The molecule has 4 aliphatic rings. The Morgan fingerprint density at radius 3 is 3.18 bits per heavy atom. The van der Waals surface area contributed by atoms with Crippen molar-refractivity contribution in [2.45, 2.75) is 43.2 Å². The molecule has 4 atom stereocenters. The van der Waals surface area contributed by atoms with Gasteiger partial charge in [-0.1, -0.05) is 6.04 Å². The van der Waals surface area contributed by atoms with Crippen LogP contribution >= 0.6 is 0 Å².